The number of rotatable bonds is 2. The van der Waals surface area contributed by atoms with Crippen molar-refractivity contribution in [3.05, 3.63) is 17.2 Å². The lowest BCUT2D eigenvalue weighted by Gasteiger charge is -2.04. The summed E-state index contributed by atoms with van der Waals surface area (Å²) in [6.07, 6.45) is 1.76. The predicted molar refractivity (Wildman–Crippen MR) is 57.3 cm³/mol. The van der Waals surface area contributed by atoms with E-state index in [0.717, 1.165) is 12.2 Å². The van der Waals surface area contributed by atoms with Crippen molar-refractivity contribution >= 4 is 11.6 Å². The molecule has 1 aliphatic rings. The van der Waals surface area contributed by atoms with Crippen molar-refractivity contribution in [1.29, 1.82) is 0 Å². The molecular formula is C10H16ClN3. The molecule has 0 radical (unpaired) electrons. The summed E-state index contributed by atoms with van der Waals surface area (Å²) in [4.78, 5) is 4.10. The van der Waals surface area contributed by atoms with Crippen LogP contribution in [0.5, 0.6) is 0 Å². The van der Waals surface area contributed by atoms with Crippen LogP contribution in [0.1, 0.15) is 25.5 Å². The van der Waals surface area contributed by atoms with Gasteiger partial charge in [-0.25, -0.2) is 4.98 Å². The molecule has 1 aliphatic carbocycles. The number of hydrogen-bond donors (Lipinski definition) is 1. The van der Waals surface area contributed by atoms with Crippen LogP contribution in [0.2, 0.25) is 5.15 Å². The highest BCUT2D eigenvalue weighted by Gasteiger charge is 2.59. The van der Waals surface area contributed by atoms with E-state index < -0.39 is 0 Å². The summed E-state index contributed by atoms with van der Waals surface area (Å²) in [6.45, 7) is 5.19. The van der Waals surface area contributed by atoms with Gasteiger partial charge in [0, 0.05) is 13.0 Å². The molecule has 0 aliphatic heterocycles. The highest BCUT2D eigenvalue weighted by Crippen LogP contribution is 2.64. The maximum atomic E-state index is 6.06. The van der Waals surface area contributed by atoms with Crippen LogP contribution in [0.3, 0.4) is 0 Å². The predicted octanol–water partition coefficient (Wildman–Crippen LogP) is 1.77. The normalized spacial score (nSPS) is 29.2. The Balaban J connectivity index is 2.35. The molecule has 2 atom stereocenters. The Hall–Kier alpha value is -0.540. The highest BCUT2D eigenvalue weighted by molar-refractivity contribution is 6.30. The molecular weight excluding hydrogens is 198 g/mol. The summed E-state index contributed by atoms with van der Waals surface area (Å²) in [5, 5.41) is 0.626. The van der Waals surface area contributed by atoms with Crippen molar-refractivity contribution in [3.63, 3.8) is 0 Å². The lowest BCUT2D eigenvalue weighted by Crippen LogP contribution is -2.05. The number of imidazole rings is 1. The summed E-state index contributed by atoms with van der Waals surface area (Å²) in [5.41, 5.74) is 7.13. The highest BCUT2D eigenvalue weighted by atomic mass is 35.5. The molecule has 4 heteroatoms. The minimum Gasteiger partial charge on any atom is -0.336 e. The lowest BCUT2D eigenvalue weighted by atomic mass is 10.1. The summed E-state index contributed by atoms with van der Waals surface area (Å²) < 4.78 is 2.00. The zero-order valence-corrected chi connectivity index (χ0v) is 9.54. The van der Waals surface area contributed by atoms with Gasteiger partial charge >= 0.3 is 0 Å². The van der Waals surface area contributed by atoms with E-state index in [-0.39, 0.29) is 5.41 Å². The molecule has 1 heterocycles. The molecule has 0 unspecified atom stereocenters. The Bertz CT molecular complexity index is 337. The third-order valence-corrected chi connectivity index (χ3v) is 3.83. The quantitative estimate of drug-likeness (QED) is 0.814. The molecule has 1 saturated carbocycles. The van der Waals surface area contributed by atoms with E-state index in [4.69, 9.17) is 17.3 Å². The van der Waals surface area contributed by atoms with Crippen LogP contribution >= 0.6 is 11.6 Å². The largest absolute Gasteiger partial charge is 0.336 e. The molecule has 78 valence electrons. The molecule has 0 amide bonds. The van der Waals surface area contributed by atoms with E-state index >= 15 is 0 Å². The zero-order chi connectivity index (χ0) is 10.5. The summed E-state index contributed by atoms with van der Waals surface area (Å²) in [7, 11) is 1.98. The van der Waals surface area contributed by atoms with Gasteiger partial charge in [0.25, 0.3) is 0 Å². The standard InChI is InChI=1S/C10H16ClN3/c1-10(2)6(4-12)7(10)8-9(11)13-5-14(8)3/h5-7H,4,12H2,1-3H3/t6-,7+/m1/s1. The Morgan fingerprint density at radius 2 is 2.29 bits per heavy atom. The van der Waals surface area contributed by atoms with Crippen molar-refractivity contribution in [3.8, 4) is 0 Å². The molecule has 0 spiro atoms. The number of aryl methyl sites for hydroxylation is 1. The first-order valence-electron chi connectivity index (χ1n) is 4.87. The van der Waals surface area contributed by atoms with Gasteiger partial charge in [0.15, 0.2) is 5.15 Å². The fourth-order valence-corrected chi connectivity index (χ4v) is 2.78. The molecule has 0 aromatic carbocycles. The molecule has 1 fully saturated rings. The Labute approximate surface area is 89.3 Å². The molecule has 0 saturated heterocycles. The maximum absolute atomic E-state index is 6.06. The molecule has 1 aromatic rings. The first-order chi connectivity index (χ1) is 6.50. The lowest BCUT2D eigenvalue weighted by molar-refractivity contribution is 0.555. The van der Waals surface area contributed by atoms with Gasteiger partial charge in [-0.2, -0.15) is 0 Å². The van der Waals surface area contributed by atoms with Gasteiger partial charge in [0.1, 0.15) is 0 Å². The van der Waals surface area contributed by atoms with Gasteiger partial charge in [-0.15, -0.1) is 0 Å². The second-order valence-corrected chi connectivity index (χ2v) is 5.03. The van der Waals surface area contributed by atoms with Crippen molar-refractivity contribution < 1.29 is 0 Å². The molecule has 3 nitrogen and oxygen atoms in total. The monoisotopic (exact) mass is 213 g/mol. The first kappa shape index (κ1) is 9.99. The van der Waals surface area contributed by atoms with Crippen LogP contribution in [-0.2, 0) is 7.05 Å². The maximum Gasteiger partial charge on any atom is 0.150 e. The molecule has 14 heavy (non-hydrogen) atoms. The smallest absolute Gasteiger partial charge is 0.150 e. The number of hydrogen-bond acceptors (Lipinski definition) is 2. The number of aromatic nitrogens is 2. The minimum atomic E-state index is 0.270. The van der Waals surface area contributed by atoms with Crippen molar-refractivity contribution in [2.75, 3.05) is 6.54 Å². The van der Waals surface area contributed by atoms with Gasteiger partial charge in [-0.05, 0) is 17.9 Å². The van der Waals surface area contributed by atoms with E-state index in [1.54, 1.807) is 6.33 Å². The number of nitrogens with two attached hydrogens (primary N) is 1. The number of halogens is 1. The summed E-state index contributed by atoms with van der Waals surface area (Å²) >= 11 is 6.06. The van der Waals surface area contributed by atoms with Crippen LogP contribution in [0.4, 0.5) is 0 Å². The SMILES string of the molecule is Cn1cnc(Cl)c1[C@@H]1[C@@H](CN)C1(C)C. The average Bonchev–Trinajstić information content (AvgIpc) is 2.48. The van der Waals surface area contributed by atoms with E-state index in [0.29, 0.717) is 17.0 Å². The summed E-state index contributed by atoms with van der Waals surface area (Å²) in [6, 6.07) is 0. The van der Waals surface area contributed by atoms with E-state index in [9.17, 15) is 0 Å². The second kappa shape index (κ2) is 2.97. The Kier molecular flexibility index (Phi) is 2.12. The van der Waals surface area contributed by atoms with Crippen LogP contribution in [0, 0.1) is 11.3 Å². The molecule has 1 aromatic heterocycles. The average molecular weight is 214 g/mol. The van der Waals surface area contributed by atoms with E-state index in [1.807, 2.05) is 11.6 Å². The second-order valence-electron chi connectivity index (χ2n) is 4.67. The van der Waals surface area contributed by atoms with Gasteiger partial charge < -0.3 is 10.3 Å². The fourth-order valence-electron chi connectivity index (χ4n) is 2.49. The van der Waals surface area contributed by atoms with E-state index in [2.05, 4.69) is 18.8 Å². The molecule has 2 rings (SSSR count). The molecule has 0 bridgehead atoms. The minimum absolute atomic E-state index is 0.270. The van der Waals surface area contributed by atoms with Gasteiger partial charge in [-0.3, -0.25) is 0 Å². The van der Waals surface area contributed by atoms with Crippen molar-refractivity contribution in [2.24, 2.45) is 24.1 Å². The van der Waals surface area contributed by atoms with Crippen LogP contribution in [0.15, 0.2) is 6.33 Å². The zero-order valence-electron chi connectivity index (χ0n) is 8.79. The topological polar surface area (TPSA) is 43.8 Å². The number of nitrogens with zero attached hydrogens (tertiary/aromatic N) is 2. The third-order valence-electron chi connectivity index (χ3n) is 3.53. The Morgan fingerprint density at radius 3 is 2.64 bits per heavy atom. The van der Waals surface area contributed by atoms with E-state index in [1.165, 1.54) is 0 Å². The van der Waals surface area contributed by atoms with Crippen molar-refractivity contribution in [1.82, 2.24) is 9.55 Å². The first-order valence-corrected chi connectivity index (χ1v) is 5.24. The van der Waals surface area contributed by atoms with Crippen LogP contribution in [-0.4, -0.2) is 16.1 Å². The van der Waals surface area contributed by atoms with Crippen LogP contribution in [0.25, 0.3) is 0 Å². The van der Waals surface area contributed by atoms with Gasteiger partial charge in [0.2, 0.25) is 0 Å². The summed E-state index contributed by atoms with van der Waals surface area (Å²) in [5.74, 6) is 1.00. The Morgan fingerprint density at radius 1 is 1.64 bits per heavy atom. The van der Waals surface area contributed by atoms with Crippen molar-refractivity contribution in [2.45, 2.75) is 19.8 Å². The van der Waals surface area contributed by atoms with Gasteiger partial charge in [0.05, 0.1) is 12.0 Å². The van der Waals surface area contributed by atoms with Crippen LogP contribution < -0.4 is 5.73 Å². The molecule has 2 N–H and O–H groups in total. The van der Waals surface area contributed by atoms with Gasteiger partial charge in [-0.1, -0.05) is 25.4 Å². The fraction of sp³-hybridized carbons (Fsp3) is 0.700. The third kappa shape index (κ3) is 1.19.